The first-order chi connectivity index (χ1) is 12.8. The molecule has 0 spiro atoms. The highest BCUT2D eigenvalue weighted by Gasteiger charge is 2.54. The van der Waals surface area contributed by atoms with Gasteiger partial charge in [0, 0.05) is 7.05 Å². The third kappa shape index (κ3) is 2.75. The van der Waals surface area contributed by atoms with Crippen LogP contribution in [0.25, 0.3) is 0 Å². The van der Waals surface area contributed by atoms with E-state index in [-0.39, 0.29) is 28.3 Å². The van der Waals surface area contributed by atoms with Crippen LogP contribution in [0.3, 0.4) is 0 Å². The van der Waals surface area contributed by atoms with Gasteiger partial charge in [-0.3, -0.25) is 14.2 Å². The van der Waals surface area contributed by atoms with E-state index < -0.39 is 5.56 Å². The lowest BCUT2D eigenvalue weighted by molar-refractivity contribution is -0.146. The third-order valence-corrected chi connectivity index (χ3v) is 6.85. The molecule has 27 heavy (non-hydrogen) atoms. The highest BCUT2D eigenvalue weighted by Crippen LogP contribution is 2.60. The van der Waals surface area contributed by atoms with Crippen LogP contribution in [0.4, 0.5) is 0 Å². The first-order valence-corrected chi connectivity index (χ1v) is 9.51. The topological polar surface area (TPSA) is 107 Å². The summed E-state index contributed by atoms with van der Waals surface area (Å²) in [5, 5.41) is 23.5. The fraction of sp³-hybridized carbons (Fsp3) is 0.600. The summed E-state index contributed by atoms with van der Waals surface area (Å²) in [6.45, 7) is 1.59. The molecule has 4 bridgehead atoms. The molecular weight excluding hydrogens is 344 g/mol. The summed E-state index contributed by atoms with van der Waals surface area (Å²) in [5.41, 5.74) is 2.39. The summed E-state index contributed by atoms with van der Waals surface area (Å²) < 4.78 is 1.01. The summed E-state index contributed by atoms with van der Waals surface area (Å²) in [5.74, 6) is 1.68. The zero-order valence-corrected chi connectivity index (χ0v) is 15.7. The van der Waals surface area contributed by atoms with E-state index in [1.165, 1.54) is 32.5 Å². The molecule has 0 aromatic carbocycles. The third-order valence-electron chi connectivity index (χ3n) is 6.85. The molecule has 0 radical (unpaired) electrons. The maximum atomic E-state index is 12.9. The van der Waals surface area contributed by atoms with Gasteiger partial charge in [-0.15, -0.1) is 0 Å². The minimum Gasteiger partial charge on any atom is -0.494 e. The second-order valence-electron chi connectivity index (χ2n) is 8.61. The van der Waals surface area contributed by atoms with Crippen molar-refractivity contribution in [3.63, 3.8) is 0 Å². The Balaban J connectivity index is 1.55. The van der Waals surface area contributed by atoms with Gasteiger partial charge < -0.3 is 5.11 Å². The molecule has 4 aliphatic carbocycles. The average Bonchev–Trinajstić information content (AvgIpc) is 2.62. The maximum Gasteiger partial charge on any atom is 0.271 e. The Morgan fingerprint density at radius 1 is 1.30 bits per heavy atom. The number of hydrogen-bond acceptors (Lipinski definition) is 5. The SMILES string of the molecule is Cc1c(C=NNC(=O)C23CC4CC(CC(C4)C2)C3)c(O)n(C)c(=O)c1C#N. The van der Waals surface area contributed by atoms with Crippen LogP contribution in [-0.4, -0.2) is 21.8 Å². The molecule has 4 aliphatic rings. The minimum absolute atomic E-state index is 0.0378. The lowest BCUT2D eigenvalue weighted by Crippen LogP contribution is -2.52. The van der Waals surface area contributed by atoms with Crippen molar-refractivity contribution >= 4 is 12.1 Å². The van der Waals surface area contributed by atoms with Gasteiger partial charge in [-0.1, -0.05) is 0 Å². The van der Waals surface area contributed by atoms with Crippen molar-refractivity contribution in [2.75, 3.05) is 0 Å². The number of hydrogen-bond donors (Lipinski definition) is 2. The molecule has 0 saturated heterocycles. The Kier molecular flexibility index (Phi) is 4.10. The number of carbonyl (C=O) groups is 1. The van der Waals surface area contributed by atoms with Gasteiger partial charge in [0.2, 0.25) is 11.8 Å². The minimum atomic E-state index is -0.553. The monoisotopic (exact) mass is 368 g/mol. The number of hydrazone groups is 1. The molecule has 7 nitrogen and oxygen atoms in total. The number of aromatic hydroxyl groups is 1. The molecule has 7 heteroatoms. The second-order valence-corrected chi connectivity index (χ2v) is 8.61. The lowest BCUT2D eigenvalue weighted by atomic mass is 9.49. The Morgan fingerprint density at radius 2 is 1.85 bits per heavy atom. The van der Waals surface area contributed by atoms with E-state index in [0.29, 0.717) is 23.3 Å². The molecule has 0 unspecified atom stereocenters. The van der Waals surface area contributed by atoms with Crippen molar-refractivity contribution in [3.8, 4) is 11.9 Å². The molecular formula is C20H24N4O3. The van der Waals surface area contributed by atoms with Crippen molar-refractivity contribution in [1.29, 1.82) is 5.26 Å². The molecule has 0 aliphatic heterocycles. The zero-order chi connectivity index (χ0) is 19.3. The number of aromatic nitrogens is 1. The van der Waals surface area contributed by atoms with Crippen molar-refractivity contribution < 1.29 is 9.90 Å². The number of nitrogens with one attached hydrogen (secondary N) is 1. The number of carbonyl (C=O) groups excluding carboxylic acids is 1. The Morgan fingerprint density at radius 3 is 2.37 bits per heavy atom. The van der Waals surface area contributed by atoms with E-state index in [9.17, 15) is 20.0 Å². The maximum absolute atomic E-state index is 12.9. The number of amides is 1. The van der Waals surface area contributed by atoms with Crippen molar-refractivity contribution in [1.82, 2.24) is 9.99 Å². The number of nitrogens with zero attached hydrogens (tertiary/aromatic N) is 3. The van der Waals surface area contributed by atoms with E-state index in [1.54, 1.807) is 6.92 Å². The highest BCUT2D eigenvalue weighted by molar-refractivity contribution is 5.88. The highest BCUT2D eigenvalue weighted by atomic mass is 16.3. The molecule has 2 N–H and O–H groups in total. The van der Waals surface area contributed by atoms with Gasteiger partial charge in [-0.25, -0.2) is 5.43 Å². The average molecular weight is 368 g/mol. The zero-order valence-electron chi connectivity index (χ0n) is 15.7. The van der Waals surface area contributed by atoms with E-state index in [0.717, 1.165) is 23.8 Å². The molecule has 142 valence electrons. The van der Waals surface area contributed by atoms with Crippen molar-refractivity contribution in [2.24, 2.45) is 35.3 Å². The number of rotatable bonds is 3. The van der Waals surface area contributed by atoms with Crippen LogP contribution >= 0.6 is 0 Å². The summed E-state index contributed by atoms with van der Waals surface area (Å²) >= 11 is 0. The number of nitriles is 1. The van der Waals surface area contributed by atoms with Gasteiger partial charge >= 0.3 is 0 Å². The Hall–Kier alpha value is -2.62. The molecule has 5 rings (SSSR count). The van der Waals surface area contributed by atoms with Gasteiger partial charge in [0.05, 0.1) is 17.2 Å². The van der Waals surface area contributed by atoms with Crippen LogP contribution in [0.2, 0.25) is 0 Å². The lowest BCUT2D eigenvalue weighted by Gasteiger charge is -2.55. The van der Waals surface area contributed by atoms with Crippen LogP contribution in [0.1, 0.15) is 55.2 Å². The molecule has 1 aromatic heterocycles. The van der Waals surface area contributed by atoms with Gasteiger partial charge in [-0.05, 0) is 68.8 Å². The van der Waals surface area contributed by atoms with Crippen molar-refractivity contribution in [2.45, 2.75) is 45.4 Å². The van der Waals surface area contributed by atoms with E-state index >= 15 is 0 Å². The second kappa shape index (κ2) is 6.22. The normalized spacial score (nSPS) is 31.2. The van der Waals surface area contributed by atoms with E-state index in [4.69, 9.17) is 0 Å². The van der Waals surface area contributed by atoms with Crippen LogP contribution in [-0.2, 0) is 11.8 Å². The summed E-state index contributed by atoms with van der Waals surface area (Å²) in [6.07, 6.45) is 7.95. The van der Waals surface area contributed by atoms with Crippen LogP contribution < -0.4 is 11.0 Å². The van der Waals surface area contributed by atoms with Crippen LogP contribution in [0.15, 0.2) is 9.90 Å². The smallest absolute Gasteiger partial charge is 0.271 e. The number of pyridine rings is 1. The summed E-state index contributed by atoms with van der Waals surface area (Å²) in [7, 11) is 1.39. The van der Waals surface area contributed by atoms with Crippen molar-refractivity contribution in [3.05, 3.63) is 27.0 Å². The van der Waals surface area contributed by atoms with Gasteiger partial charge in [0.25, 0.3) is 5.56 Å². The Labute approximate surface area is 157 Å². The van der Waals surface area contributed by atoms with Crippen LogP contribution in [0, 0.1) is 41.4 Å². The largest absolute Gasteiger partial charge is 0.494 e. The Bertz CT molecular complexity index is 903. The van der Waals surface area contributed by atoms with E-state index in [2.05, 4.69) is 10.5 Å². The van der Waals surface area contributed by atoms with Gasteiger partial charge in [0.15, 0.2) is 0 Å². The molecule has 0 atom stereocenters. The predicted molar refractivity (Wildman–Crippen MR) is 99.1 cm³/mol. The fourth-order valence-corrected chi connectivity index (χ4v) is 5.86. The predicted octanol–water partition coefficient (Wildman–Crippen LogP) is 1.94. The molecule has 4 fully saturated rings. The van der Waals surface area contributed by atoms with Gasteiger partial charge in [-0.2, -0.15) is 10.4 Å². The fourth-order valence-electron chi connectivity index (χ4n) is 5.86. The summed E-state index contributed by atoms with van der Waals surface area (Å²) in [4.78, 5) is 24.9. The molecule has 1 heterocycles. The molecule has 1 amide bonds. The van der Waals surface area contributed by atoms with E-state index in [1.807, 2.05) is 6.07 Å². The quantitative estimate of drug-likeness (QED) is 0.628. The molecule has 4 saturated carbocycles. The summed E-state index contributed by atoms with van der Waals surface area (Å²) in [6, 6.07) is 1.87. The van der Waals surface area contributed by atoms with Gasteiger partial charge in [0.1, 0.15) is 11.6 Å². The van der Waals surface area contributed by atoms with Crippen LogP contribution in [0.5, 0.6) is 5.88 Å². The first-order valence-electron chi connectivity index (χ1n) is 9.51. The standard InChI is InChI=1S/C20H24N4O3/c1-11-15(9-21)17(25)24(2)18(26)16(11)10-22-23-19(27)20-6-12-3-13(7-20)5-14(4-12)8-20/h10,12-14,26H,3-8H2,1-2H3,(H,23,27). The molecule has 1 aromatic rings. The first kappa shape index (κ1) is 17.8.